The fraction of sp³-hybridized carbons (Fsp3) is 1.00. The van der Waals surface area contributed by atoms with Crippen LogP contribution in [0.5, 0.6) is 0 Å². The number of piperidine rings is 1. The van der Waals surface area contributed by atoms with Gasteiger partial charge in [-0.05, 0) is 82.2 Å². The highest BCUT2D eigenvalue weighted by molar-refractivity contribution is 4.71. The molecule has 0 aliphatic carbocycles. The van der Waals surface area contributed by atoms with Crippen molar-refractivity contribution < 1.29 is 0 Å². The molecule has 2 heteroatoms. The van der Waals surface area contributed by atoms with Crippen molar-refractivity contribution in [1.29, 1.82) is 0 Å². The van der Waals surface area contributed by atoms with E-state index in [2.05, 4.69) is 51.3 Å². The van der Waals surface area contributed by atoms with E-state index < -0.39 is 0 Å². The van der Waals surface area contributed by atoms with E-state index in [1.54, 1.807) is 0 Å². The van der Waals surface area contributed by atoms with Crippen LogP contribution in [0.3, 0.4) is 0 Å². The lowest BCUT2D eigenvalue weighted by Crippen LogP contribution is -2.35. The molecule has 0 radical (unpaired) electrons. The lowest BCUT2D eigenvalue weighted by molar-refractivity contribution is 0.176. The van der Waals surface area contributed by atoms with E-state index in [0.717, 1.165) is 0 Å². The summed E-state index contributed by atoms with van der Waals surface area (Å²) in [7, 11) is 0. The summed E-state index contributed by atoms with van der Waals surface area (Å²) in [5, 5.41) is 0. The van der Waals surface area contributed by atoms with Gasteiger partial charge in [-0.2, -0.15) is 0 Å². The quantitative estimate of drug-likeness (QED) is 0.620. The Morgan fingerprint density at radius 3 is 1.68 bits per heavy atom. The van der Waals surface area contributed by atoms with Crippen molar-refractivity contribution in [2.24, 2.45) is 10.8 Å². The molecule has 1 saturated heterocycles. The second-order valence-corrected chi connectivity index (χ2v) is 9.72. The molecule has 0 N–H and O–H groups in total. The maximum Gasteiger partial charge on any atom is -0.000654 e. The topological polar surface area (TPSA) is 6.48 Å². The van der Waals surface area contributed by atoms with Crippen molar-refractivity contribution in [3.63, 3.8) is 0 Å². The first-order valence-electron chi connectivity index (χ1n) is 9.60. The number of hydrogen-bond donors (Lipinski definition) is 0. The molecule has 1 fully saturated rings. The van der Waals surface area contributed by atoms with Crippen LogP contribution in [-0.4, -0.2) is 49.1 Å². The van der Waals surface area contributed by atoms with Crippen LogP contribution in [0.15, 0.2) is 0 Å². The smallest absolute Gasteiger partial charge is 0.000654 e. The van der Waals surface area contributed by atoms with Crippen LogP contribution in [0.1, 0.15) is 80.1 Å². The summed E-state index contributed by atoms with van der Waals surface area (Å²) in [5.41, 5.74) is 0.902. The zero-order valence-corrected chi connectivity index (χ0v) is 16.4. The van der Waals surface area contributed by atoms with Crippen molar-refractivity contribution in [2.75, 3.05) is 39.3 Å². The first-order valence-corrected chi connectivity index (χ1v) is 9.60. The van der Waals surface area contributed by atoms with Crippen LogP contribution in [0.4, 0.5) is 0 Å². The van der Waals surface area contributed by atoms with E-state index in [1.807, 2.05) is 0 Å². The highest BCUT2D eigenvalue weighted by Gasteiger charge is 2.17. The molecular formula is C20H42N2. The van der Waals surface area contributed by atoms with Crippen LogP contribution in [-0.2, 0) is 0 Å². The summed E-state index contributed by atoms with van der Waals surface area (Å²) in [6.45, 7) is 22.0. The van der Waals surface area contributed by atoms with Gasteiger partial charge in [0.1, 0.15) is 0 Å². The molecule has 1 aliphatic heterocycles. The zero-order valence-electron chi connectivity index (χ0n) is 16.4. The normalized spacial score (nSPS) is 18.1. The average Bonchev–Trinajstić information content (AvgIpc) is 2.40. The first kappa shape index (κ1) is 20.0. The third-order valence-electron chi connectivity index (χ3n) is 4.75. The minimum absolute atomic E-state index is 0.451. The molecule has 1 rings (SSSR count). The van der Waals surface area contributed by atoms with E-state index in [1.165, 1.54) is 77.8 Å². The van der Waals surface area contributed by atoms with Gasteiger partial charge in [-0.15, -0.1) is 0 Å². The maximum absolute atomic E-state index is 2.72. The molecule has 0 amide bonds. The van der Waals surface area contributed by atoms with Gasteiger partial charge >= 0.3 is 0 Å². The predicted molar refractivity (Wildman–Crippen MR) is 99.5 cm³/mol. The summed E-state index contributed by atoms with van der Waals surface area (Å²) in [6.07, 6.45) is 8.23. The molecule has 132 valence electrons. The first-order chi connectivity index (χ1) is 10.2. The zero-order chi connectivity index (χ0) is 16.6. The highest BCUT2D eigenvalue weighted by atomic mass is 15.1. The molecule has 0 aromatic carbocycles. The number of nitrogens with zero attached hydrogens (tertiary/aromatic N) is 2. The molecule has 2 nitrogen and oxygen atoms in total. The van der Waals surface area contributed by atoms with Crippen LogP contribution >= 0.6 is 0 Å². The highest BCUT2D eigenvalue weighted by Crippen LogP contribution is 2.22. The Balaban J connectivity index is 2.32. The monoisotopic (exact) mass is 310 g/mol. The van der Waals surface area contributed by atoms with Gasteiger partial charge in [-0.1, -0.05) is 48.0 Å². The van der Waals surface area contributed by atoms with E-state index in [-0.39, 0.29) is 0 Å². The maximum atomic E-state index is 2.72. The van der Waals surface area contributed by atoms with Crippen molar-refractivity contribution in [1.82, 2.24) is 9.80 Å². The predicted octanol–water partition coefficient (Wildman–Crippen LogP) is 5.04. The Morgan fingerprint density at radius 2 is 1.23 bits per heavy atom. The Bertz CT molecular complexity index is 261. The van der Waals surface area contributed by atoms with Gasteiger partial charge in [0, 0.05) is 0 Å². The number of likely N-dealkylation sites (tertiary alicyclic amines) is 1. The van der Waals surface area contributed by atoms with Gasteiger partial charge < -0.3 is 9.80 Å². The fourth-order valence-electron chi connectivity index (χ4n) is 3.02. The van der Waals surface area contributed by atoms with Gasteiger partial charge in [0.2, 0.25) is 0 Å². The largest absolute Gasteiger partial charge is 0.303 e. The minimum Gasteiger partial charge on any atom is -0.303 e. The Morgan fingerprint density at radius 1 is 0.727 bits per heavy atom. The summed E-state index contributed by atoms with van der Waals surface area (Å²) in [6, 6.07) is 0. The fourth-order valence-corrected chi connectivity index (χ4v) is 3.02. The molecule has 0 saturated carbocycles. The standard InChI is InChI=1S/C20H42N2/c1-19(2,3)11-17-22(18-12-20(4,5)6)16-10-15-21-13-8-7-9-14-21/h7-18H2,1-6H3. The summed E-state index contributed by atoms with van der Waals surface area (Å²) >= 11 is 0. The Labute approximate surface area is 140 Å². The molecule has 0 bridgehead atoms. The van der Waals surface area contributed by atoms with Crippen molar-refractivity contribution in [3.8, 4) is 0 Å². The van der Waals surface area contributed by atoms with Crippen molar-refractivity contribution in [3.05, 3.63) is 0 Å². The van der Waals surface area contributed by atoms with Gasteiger partial charge in [0.05, 0.1) is 0 Å². The van der Waals surface area contributed by atoms with Gasteiger partial charge in [0.25, 0.3) is 0 Å². The van der Waals surface area contributed by atoms with Gasteiger partial charge in [0.15, 0.2) is 0 Å². The molecular weight excluding hydrogens is 268 g/mol. The van der Waals surface area contributed by atoms with Crippen LogP contribution in [0.2, 0.25) is 0 Å². The third-order valence-corrected chi connectivity index (χ3v) is 4.75. The second-order valence-electron chi connectivity index (χ2n) is 9.72. The van der Waals surface area contributed by atoms with Crippen LogP contribution in [0, 0.1) is 10.8 Å². The van der Waals surface area contributed by atoms with E-state index in [0.29, 0.717) is 10.8 Å². The third kappa shape index (κ3) is 10.6. The van der Waals surface area contributed by atoms with Crippen LogP contribution in [0.25, 0.3) is 0 Å². The molecule has 0 unspecified atom stereocenters. The molecule has 0 aromatic rings. The summed E-state index contributed by atoms with van der Waals surface area (Å²) < 4.78 is 0. The SMILES string of the molecule is CC(C)(C)CCN(CCCN1CCCCC1)CCC(C)(C)C. The van der Waals surface area contributed by atoms with E-state index in [9.17, 15) is 0 Å². The summed E-state index contributed by atoms with van der Waals surface area (Å²) in [5.74, 6) is 0. The Hall–Kier alpha value is -0.0800. The molecule has 22 heavy (non-hydrogen) atoms. The molecule has 0 atom stereocenters. The van der Waals surface area contributed by atoms with Crippen molar-refractivity contribution >= 4 is 0 Å². The average molecular weight is 311 g/mol. The number of rotatable bonds is 8. The second kappa shape index (κ2) is 9.27. The molecule has 1 heterocycles. The molecule has 0 aromatic heterocycles. The van der Waals surface area contributed by atoms with Crippen LogP contribution < -0.4 is 0 Å². The number of hydrogen-bond acceptors (Lipinski definition) is 2. The minimum atomic E-state index is 0.451. The Kier molecular flexibility index (Phi) is 8.42. The van der Waals surface area contributed by atoms with E-state index >= 15 is 0 Å². The molecule has 0 spiro atoms. The van der Waals surface area contributed by atoms with E-state index in [4.69, 9.17) is 0 Å². The van der Waals surface area contributed by atoms with Crippen molar-refractivity contribution in [2.45, 2.75) is 80.1 Å². The van der Waals surface area contributed by atoms with Gasteiger partial charge in [-0.25, -0.2) is 0 Å². The molecule has 1 aliphatic rings. The lowest BCUT2D eigenvalue weighted by atomic mass is 9.90. The summed E-state index contributed by atoms with van der Waals surface area (Å²) in [4.78, 5) is 5.40. The lowest BCUT2D eigenvalue weighted by Gasteiger charge is -2.31. The van der Waals surface area contributed by atoms with Gasteiger partial charge in [-0.3, -0.25) is 0 Å².